The maximum atomic E-state index is 11.9. The van der Waals surface area contributed by atoms with Gasteiger partial charge in [-0.15, -0.1) is 0 Å². The molecule has 1 unspecified atom stereocenters. The third-order valence-corrected chi connectivity index (χ3v) is 1.18. The minimum absolute atomic E-state index is 0.537. The zero-order valence-corrected chi connectivity index (χ0v) is 7.58. The molecule has 1 rings (SSSR count). The van der Waals surface area contributed by atoms with Crippen molar-refractivity contribution in [2.75, 3.05) is 0 Å². The summed E-state index contributed by atoms with van der Waals surface area (Å²) >= 11 is 0. The van der Waals surface area contributed by atoms with Crippen molar-refractivity contribution in [3.63, 3.8) is 0 Å². The van der Waals surface area contributed by atoms with Gasteiger partial charge in [-0.3, -0.25) is 4.79 Å². The first-order valence-corrected chi connectivity index (χ1v) is 3.83. The number of halogens is 2. The third-order valence-electron chi connectivity index (χ3n) is 1.18. The summed E-state index contributed by atoms with van der Waals surface area (Å²) in [6, 6.07) is 3.82. The summed E-state index contributed by atoms with van der Waals surface area (Å²) < 4.78 is 23.9. The fourth-order valence-electron chi connectivity index (χ4n) is 0.460. The van der Waals surface area contributed by atoms with Gasteiger partial charge in [-0.05, 0) is 19.1 Å². The highest BCUT2D eigenvalue weighted by atomic mass is 19.1. The number of carboxylic acids is 1. The molecule has 0 aliphatic heterocycles. The first kappa shape index (κ1) is 12.5. The standard InChI is InChI=1S/C6H4F2.C3H7NO2/c7-5-2-1-3-6(8)4-5;1-2(4)3(5)6/h1-4H;2H,4H2,1H3,(H,5,6). The maximum absolute atomic E-state index is 11.9. The van der Waals surface area contributed by atoms with Crippen molar-refractivity contribution in [1.82, 2.24) is 0 Å². The molecular weight excluding hydrogens is 192 g/mol. The summed E-state index contributed by atoms with van der Waals surface area (Å²) in [6.07, 6.45) is 0. The van der Waals surface area contributed by atoms with Crippen LogP contribution in [0.3, 0.4) is 0 Å². The topological polar surface area (TPSA) is 63.3 Å². The van der Waals surface area contributed by atoms with Crippen molar-refractivity contribution >= 4 is 5.97 Å². The predicted octanol–water partition coefficient (Wildman–Crippen LogP) is 1.38. The van der Waals surface area contributed by atoms with E-state index in [1.807, 2.05) is 0 Å². The maximum Gasteiger partial charge on any atom is 0.320 e. The van der Waals surface area contributed by atoms with E-state index in [1.165, 1.54) is 25.1 Å². The van der Waals surface area contributed by atoms with E-state index in [-0.39, 0.29) is 0 Å². The number of nitrogens with two attached hydrogens (primary N) is 1. The number of benzene rings is 1. The van der Waals surface area contributed by atoms with Crippen molar-refractivity contribution in [3.8, 4) is 0 Å². The molecule has 14 heavy (non-hydrogen) atoms. The van der Waals surface area contributed by atoms with Crippen LogP contribution in [0.25, 0.3) is 0 Å². The highest BCUT2D eigenvalue weighted by Gasteiger charge is 1.99. The molecule has 3 N–H and O–H groups in total. The van der Waals surface area contributed by atoms with E-state index in [9.17, 15) is 13.6 Å². The Morgan fingerprint density at radius 1 is 1.43 bits per heavy atom. The van der Waals surface area contributed by atoms with Gasteiger partial charge in [-0.2, -0.15) is 0 Å². The Labute approximate surface area is 80.2 Å². The van der Waals surface area contributed by atoms with Crippen molar-refractivity contribution in [2.24, 2.45) is 5.73 Å². The Kier molecular flexibility index (Phi) is 5.40. The van der Waals surface area contributed by atoms with E-state index >= 15 is 0 Å². The largest absolute Gasteiger partial charge is 0.480 e. The van der Waals surface area contributed by atoms with Crippen molar-refractivity contribution < 1.29 is 18.7 Å². The SMILES string of the molecule is CC(N)C(=O)O.Fc1cccc(F)c1. The third kappa shape index (κ3) is 6.07. The van der Waals surface area contributed by atoms with Crippen molar-refractivity contribution in [3.05, 3.63) is 35.9 Å². The smallest absolute Gasteiger partial charge is 0.320 e. The van der Waals surface area contributed by atoms with Crippen LogP contribution in [0.4, 0.5) is 8.78 Å². The molecule has 0 radical (unpaired) electrons. The van der Waals surface area contributed by atoms with E-state index in [1.54, 1.807) is 0 Å². The molecule has 0 spiro atoms. The zero-order valence-electron chi connectivity index (χ0n) is 7.58. The predicted molar refractivity (Wildman–Crippen MR) is 47.6 cm³/mol. The molecule has 0 amide bonds. The van der Waals surface area contributed by atoms with Gasteiger partial charge < -0.3 is 10.8 Å². The summed E-state index contributed by atoms with van der Waals surface area (Å²) in [6.45, 7) is 1.42. The molecule has 0 aromatic heterocycles. The van der Waals surface area contributed by atoms with Gasteiger partial charge in [-0.1, -0.05) is 6.07 Å². The van der Waals surface area contributed by atoms with Crippen LogP contribution in [0.2, 0.25) is 0 Å². The highest BCUT2D eigenvalue weighted by molar-refractivity contribution is 5.72. The molecule has 78 valence electrons. The second-order valence-electron chi connectivity index (χ2n) is 2.57. The molecule has 1 aromatic rings. The molecule has 5 heteroatoms. The lowest BCUT2D eigenvalue weighted by atomic mass is 10.3. The van der Waals surface area contributed by atoms with Gasteiger partial charge in [-0.25, -0.2) is 8.78 Å². The van der Waals surface area contributed by atoms with Crippen LogP contribution in [0.15, 0.2) is 24.3 Å². The molecule has 0 aliphatic carbocycles. The van der Waals surface area contributed by atoms with Crippen molar-refractivity contribution in [1.29, 1.82) is 0 Å². The van der Waals surface area contributed by atoms with Crippen LogP contribution in [-0.4, -0.2) is 17.1 Å². The van der Waals surface area contributed by atoms with Crippen molar-refractivity contribution in [2.45, 2.75) is 13.0 Å². The second-order valence-corrected chi connectivity index (χ2v) is 2.57. The highest BCUT2D eigenvalue weighted by Crippen LogP contribution is 1.99. The lowest BCUT2D eigenvalue weighted by Crippen LogP contribution is -2.25. The molecule has 0 aliphatic rings. The number of hydrogen-bond acceptors (Lipinski definition) is 2. The monoisotopic (exact) mass is 203 g/mol. The fraction of sp³-hybridized carbons (Fsp3) is 0.222. The average molecular weight is 203 g/mol. The molecule has 1 atom stereocenters. The molecule has 0 saturated heterocycles. The minimum Gasteiger partial charge on any atom is -0.480 e. The quantitative estimate of drug-likeness (QED) is 0.724. The number of aliphatic carboxylic acids is 1. The number of carboxylic acid groups (broad SMARTS) is 1. The van der Waals surface area contributed by atoms with Gasteiger partial charge in [0.15, 0.2) is 0 Å². The molecule has 0 heterocycles. The molecule has 0 saturated carbocycles. The second kappa shape index (κ2) is 6.04. The van der Waals surface area contributed by atoms with Crippen LogP contribution in [0, 0.1) is 11.6 Å². The summed E-state index contributed by atoms with van der Waals surface area (Å²) in [5, 5.41) is 7.87. The number of hydrogen-bond donors (Lipinski definition) is 2. The van der Waals surface area contributed by atoms with E-state index in [0.29, 0.717) is 0 Å². The van der Waals surface area contributed by atoms with E-state index in [4.69, 9.17) is 10.8 Å². The van der Waals surface area contributed by atoms with Crippen LogP contribution in [-0.2, 0) is 4.79 Å². The first-order valence-electron chi connectivity index (χ1n) is 3.83. The summed E-state index contributed by atoms with van der Waals surface area (Å²) in [5.74, 6) is -2.04. The number of rotatable bonds is 1. The summed E-state index contributed by atoms with van der Waals surface area (Å²) in [4.78, 5) is 9.57. The minimum atomic E-state index is -0.963. The van der Waals surface area contributed by atoms with Crippen LogP contribution < -0.4 is 5.73 Å². The van der Waals surface area contributed by atoms with Gasteiger partial charge in [0.1, 0.15) is 17.7 Å². The molecule has 1 aromatic carbocycles. The molecule has 3 nitrogen and oxygen atoms in total. The van der Waals surface area contributed by atoms with Gasteiger partial charge >= 0.3 is 5.97 Å². The Morgan fingerprint density at radius 2 is 1.79 bits per heavy atom. The first-order chi connectivity index (χ1) is 6.43. The lowest BCUT2D eigenvalue weighted by Gasteiger charge is -1.90. The Morgan fingerprint density at radius 3 is 1.93 bits per heavy atom. The van der Waals surface area contributed by atoms with Crippen LogP contribution >= 0.6 is 0 Å². The van der Waals surface area contributed by atoms with Gasteiger partial charge in [0, 0.05) is 6.07 Å². The molecule has 0 fully saturated rings. The van der Waals surface area contributed by atoms with Gasteiger partial charge in [0.25, 0.3) is 0 Å². The summed E-state index contributed by atoms with van der Waals surface area (Å²) in [7, 11) is 0. The van der Waals surface area contributed by atoms with E-state index in [0.717, 1.165) is 6.07 Å². The van der Waals surface area contributed by atoms with Gasteiger partial charge in [0.05, 0.1) is 0 Å². The number of carbonyl (C=O) groups is 1. The van der Waals surface area contributed by atoms with Crippen LogP contribution in [0.1, 0.15) is 6.92 Å². The Balaban J connectivity index is 0.000000255. The lowest BCUT2D eigenvalue weighted by molar-refractivity contribution is -0.138. The molecular formula is C9H11F2NO2. The van der Waals surface area contributed by atoms with E-state index in [2.05, 4.69) is 0 Å². The summed E-state index contributed by atoms with van der Waals surface area (Å²) in [5.41, 5.74) is 4.84. The zero-order chi connectivity index (χ0) is 11.1. The van der Waals surface area contributed by atoms with Gasteiger partial charge in [0.2, 0.25) is 0 Å². The Hall–Kier alpha value is -1.49. The Bertz CT molecular complexity index is 285. The van der Waals surface area contributed by atoms with E-state index < -0.39 is 23.6 Å². The molecule has 0 bridgehead atoms. The fourth-order valence-corrected chi connectivity index (χ4v) is 0.460. The average Bonchev–Trinajstić information content (AvgIpc) is 2.04. The van der Waals surface area contributed by atoms with Crippen LogP contribution in [0.5, 0.6) is 0 Å². The normalized spacial score (nSPS) is 11.1.